The van der Waals surface area contributed by atoms with Crippen molar-refractivity contribution in [2.24, 2.45) is 0 Å². The Morgan fingerprint density at radius 2 is 1.89 bits per heavy atom. The number of benzene rings is 2. The number of halogens is 2. The number of hydrogen-bond donors (Lipinski definition) is 2. The van der Waals surface area contributed by atoms with Crippen LogP contribution in [0.15, 0.2) is 48.2 Å². The lowest BCUT2D eigenvalue weighted by molar-refractivity contribution is -0.112. The number of nitriles is 1. The minimum atomic E-state index is -0.578. The molecule has 6 nitrogen and oxygen atoms in total. The second kappa shape index (κ2) is 10.5. The third kappa shape index (κ3) is 5.81. The van der Waals surface area contributed by atoms with Gasteiger partial charge in [0.05, 0.1) is 24.9 Å². The van der Waals surface area contributed by atoms with Gasteiger partial charge in [0.1, 0.15) is 11.6 Å². The van der Waals surface area contributed by atoms with Crippen molar-refractivity contribution in [3.8, 4) is 17.6 Å². The molecule has 2 aromatic rings. The smallest absolute Gasteiger partial charge is 0.267 e. The fourth-order valence-corrected chi connectivity index (χ4v) is 2.70. The molecule has 0 radical (unpaired) electrons. The normalized spacial score (nSPS) is 10.8. The zero-order valence-electron chi connectivity index (χ0n) is 15.4. The van der Waals surface area contributed by atoms with Gasteiger partial charge in [0.25, 0.3) is 5.91 Å². The molecule has 1 amide bonds. The van der Waals surface area contributed by atoms with E-state index in [1.807, 2.05) is 24.3 Å². The van der Waals surface area contributed by atoms with E-state index in [1.165, 1.54) is 12.3 Å². The van der Waals surface area contributed by atoms with E-state index in [0.717, 1.165) is 5.56 Å². The Kier molecular flexibility index (Phi) is 8.00. The van der Waals surface area contributed by atoms with Crippen LogP contribution < -0.4 is 20.1 Å². The van der Waals surface area contributed by atoms with Gasteiger partial charge in [0.2, 0.25) is 0 Å². The lowest BCUT2D eigenvalue weighted by atomic mass is 10.1. The molecule has 0 aliphatic carbocycles. The van der Waals surface area contributed by atoms with Gasteiger partial charge in [-0.05, 0) is 42.3 Å². The van der Waals surface area contributed by atoms with Gasteiger partial charge >= 0.3 is 0 Å². The molecule has 28 heavy (non-hydrogen) atoms. The summed E-state index contributed by atoms with van der Waals surface area (Å²) in [4.78, 5) is 12.3. The van der Waals surface area contributed by atoms with E-state index in [-0.39, 0.29) is 5.57 Å². The van der Waals surface area contributed by atoms with Gasteiger partial charge < -0.3 is 20.1 Å². The number of carbonyl (C=O) groups is 1. The minimum absolute atomic E-state index is 0.0802. The van der Waals surface area contributed by atoms with Gasteiger partial charge in [-0.1, -0.05) is 29.3 Å². The number of methoxy groups -OCH3 is 2. The molecule has 0 heterocycles. The fraction of sp³-hybridized carbons (Fsp3) is 0.200. The summed E-state index contributed by atoms with van der Waals surface area (Å²) in [7, 11) is 3.15. The summed E-state index contributed by atoms with van der Waals surface area (Å²) in [5, 5.41) is 15.5. The van der Waals surface area contributed by atoms with Crippen LogP contribution in [0, 0.1) is 11.3 Å². The third-order valence-electron chi connectivity index (χ3n) is 3.79. The van der Waals surface area contributed by atoms with Crippen molar-refractivity contribution in [2.45, 2.75) is 6.42 Å². The number of anilines is 1. The first-order valence-electron chi connectivity index (χ1n) is 8.29. The molecule has 0 saturated carbocycles. The van der Waals surface area contributed by atoms with Crippen LogP contribution in [0.2, 0.25) is 10.0 Å². The lowest BCUT2D eigenvalue weighted by Gasteiger charge is -2.10. The van der Waals surface area contributed by atoms with Crippen LogP contribution in [0.25, 0.3) is 0 Å². The third-order valence-corrected chi connectivity index (χ3v) is 4.36. The van der Waals surface area contributed by atoms with Gasteiger partial charge in [0.15, 0.2) is 11.5 Å². The molecule has 0 bridgehead atoms. The molecule has 0 aliphatic rings. The summed E-state index contributed by atoms with van der Waals surface area (Å²) in [5.41, 5.74) is 1.28. The van der Waals surface area contributed by atoms with Gasteiger partial charge in [0, 0.05) is 17.8 Å². The van der Waals surface area contributed by atoms with E-state index in [1.54, 1.807) is 26.4 Å². The summed E-state index contributed by atoms with van der Waals surface area (Å²) in [6.07, 6.45) is 2.03. The summed E-state index contributed by atoms with van der Waals surface area (Å²) < 4.78 is 10.5. The van der Waals surface area contributed by atoms with Crippen molar-refractivity contribution in [2.75, 3.05) is 26.1 Å². The van der Waals surface area contributed by atoms with E-state index in [9.17, 15) is 10.1 Å². The monoisotopic (exact) mass is 419 g/mol. The highest BCUT2D eigenvalue weighted by molar-refractivity contribution is 6.35. The molecule has 0 aliphatic heterocycles. The zero-order valence-corrected chi connectivity index (χ0v) is 16.9. The number of ether oxygens (including phenoxy) is 2. The molecule has 0 spiro atoms. The van der Waals surface area contributed by atoms with Crippen LogP contribution in [0.3, 0.4) is 0 Å². The van der Waals surface area contributed by atoms with Gasteiger partial charge in [-0.15, -0.1) is 0 Å². The van der Waals surface area contributed by atoms with Crippen LogP contribution in [0.4, 0.5) is 5.69 Å². The van der Waals surface area contributed by atoms with Crippen LogP contribution >= 0.6 is 23.2 Å². The van der Waals surface area contributed by atoms with Crippen LogP contribution in [-0.2, 0) is 11.2 Å². The quantitative estimate of drug-likeness (QED) is 0.380. The van der Waals surface area contributed by atoms with E-state index < -0.39 is 5.91 Å². The molecule has 2 aromatic carbocycles. The highest BCUT2D eigenvalue weighted by Crippen LogP contribution is 2.28. The second-order valence-electron chi connectivity index (χ2n) is 5.64. The maximum Gasteiger partial charge on any atom is 0.267 e. The molecule has 0 aromatic heterocycles. The Labute approximate surface area is 173 Å². The first-order chi connectivity index (χ1) is 13.5. The van der Waals surface area contributed by atoms with Gasteiger partial charge in [-0.2, -0.15) is 5.26 Å². The highest BCUT2D eigenvalue weighted by atomic mass is 35.5. The van der Waals surface area contributed by atoms with Crippen LogP contribution in [0.5, 0.6) is 11.5 Å². The van der Waals surface area contributed by atoms with Crippen molar-refractivity contribution < 1.29 is 14.3 Å². The van der Waals surface area contributed by atoms with Crippen molar-refractivity contribution in [1.82, 2.24) is 5.32 Å². The molecule has 2 N–H and O–H groups in total. The molecular weight excluding hydrogens is 401 g/mol. The topological polar surface area (TPSA) is 83.4 Å². The Balaban J connectivity index is 1.95. The number of amides is 1. The Morgan fingerprint density at radius 1 is 1.14 bits per heavy atom. The first kappa shape index (κ1) is 21.4. The molecule has 0 atom stereocenters. The van der Waals surface area contributed by atoms with Crippen molar-refractivity contribution >= 4 is 34.8 Å². The predicted molar refractivity (Wildman–Crippen MR) is 110 cm³/mol. The molecule has 2 rings (SSSR count). The van der Waals surface area contributed by atoms with E-state index in [2.05, 4.69) is 10.6 Å². The average molecular weight is 420 g/mol. The fourth-order valence-electron chi connectivity index (χ4n) is 2.36. The van der Waals surface area contributed by atoms with Crippen LogP contribution in [-0.4, -0.2) is 26.7 Å². The molecule has 146 valence electrons. The molecule has 0 unspecified atom stereocenters. The first-order valence-corrected chi connectivity index (χ1v) is 9.05. The Hall–Kier alpha value is -2.88. The van der Waals surface area contributed by atoms with E-state index in [0.29, 0.717) is 40.2 Å². The highest BCUT2D eigenvalue weighted by Gasteiger charge is 2.11. The molecule has 8 heteroatoms. The van der Waals surface area contributed by atoms with Crippen LogP contribution in [0.1, 0.15) is 5.56 Å². The summed E-state index contributed by atoms with van der Waals surface area (Å²) in [5.74, 6) is 0.721. The maximum atomic E-state index is 12.3. The largest absolute Gasteiger partial charge is 0.493 e. The lowest BCUT2D eigenvalue weighted by Crippen LogP contribution is -2.18. The molecule has 0 saturated heterocycles. The number of rotatable bonds is 8. The van der Waals surface area contributed by atoms with Crippen molar-refractivity contribution in [3.05, 3.63) is 63.8 Å². The van der Waals surface area contributed by atoms with E-state index >= 15 is 0 Å². The predicted octanol–water partition coefficient (Wildman–Crippen LogP) is 4.19. The van der Waals surface area contributed by atoms with Gasteiger partial charge in [-0.25, -0.2) is 0 Å². The summed E-state index contributed by atoms with van der Waals surface area (Å²) in [6, 6.07) is 12.2. The maximum absolute atomic E-state index is 12.3. The Bertz CT molecular complexity index is 923. The minimum Gasteiger partial charge on any atom is -0.493 e. The number of hydrogen-bond acceptors (Lipinski definition) is 5. The number of nitrogens with zero attached hydrogens (tertiary/aromatic N) is 1. The van der Waals surface area contributed by atoms with Crippen molar-refractivity contribution in [1.29, 1.82) is 5.26 Å². The van der Waals surface area contributed by atoms with E-state index in [4.69, 9.17) is 32.7 Å². The molecule has 0 fully saturated rings. The standard InChI is InChI=1S/C20H19Cl2N3O3/c1-27-18-6-3-13(9-19(18)28-2)7-8-24-12-14(11-23)20(26)25-17-10-15(21)4-5-16(17)22/h3-6,9-10,12,24H,7-8H2,1-2H3,(H,25,26)/b14-12-. The summed E-state index contributed by atoms with van der Waals surface area (Å²) >= 11 is 11.9. The van der Waals surface area contributed by atoms with Gasteiger partial charge in [-0.3, -0.25) is 4.79 Å². The Morgan fingerprint density at radius 3 is 2.57 bits per heavy atom. The number of nitrogens with one attached hydrogen (secondary N) is 2. The summed E-state index contributed by atoms with van der Waals surface area (Å²) in [6.45, 7) is 0.520. The second-order valence-corrected chi connectivity index (χ2v) is 6.49. The number of carbonyl (C=O) groups excluding carboxylic acids is 1. The van der Waals surface area contributed by atoms with Crippen molar-refractivity contribution in [3.63, 3.8) is 0 Å². The average Bonchev–Trinajstić information content (AvgIpc) is 2.70. The zero-order chi connectivity index (χ0) is 20.5. The molecular formula is C20H19Cl2N3O3. The SMILES string of the molecule is COc1ccc(CCN/C=C(/C#N)C(=O)Nc2cc(Cl)ccc2Cl)cc1OC.